The van der Waals surface area contributed by atoms with Crippen molar-refractivity contribution in [1.82, 2.24) is 10.2 Å². The Kier molecular flexibility index (Phi) is 6.97. The Morgan fingerprint density at radius 1 is 1.17 bits per heavy atom. The number of amides is 2. The molecule has 9 heteroatoms. The maximum atomic E-state index is 12.5. The van der Waals surface area contributed by atoms with Gasteiger partial charge in [-0.1, -0.05) is 24.3 Å². The molecule has 30 heavy (non-hydrogen) atoms. The number of benzene rings is 2. The first-order valence-electron chi connectivity index (χ1n) is 9.63. The van der Waals surface area contributed by atoms with E-state index in [4.69, 9.17) is 4.74 Å². The third kappa shape index (κ3) is 5.32. The van der Waals surface area contributed by atoms with Crippen molar-refractivity contribution in [3.63, 3.8) is 0 Å². The van der Waals surface area contributed by atoms with Crippen LogP contribution in [-0.4, -0.2) is 61.5 Å². The zero-order valence-electron chi connectivity index (χ0n) is 16.7. The number of ether oxygens (including phenoxy) is 1. The summed E-state index contributed by atoms with van der Waals surface area (Å²) in [4.78, 5) is 38.8. The summed E-state index contributed by atoms with van der Waals surface area (Å²) < 4.78 is 5.41. The molecule has 1 heterocycles. The average Bonchev–Trinajstić information content (AvgIpc) is 2.78. The molecule has 0 unspecified atom stereocenters. The number of nitrogens with one attached hydrogen (secondary N) is 1. The van der Waals surface area contributed by atoms with Crippen LogP contribution in [0.25, 0.3) is 0 Å². The molecule has 1 saturated heterocycles. The quantitative estimate of drug-likeness (QED) is 0.549. The van der Waals surface area contributed by atoms with Gasteiger partial charge in [-0.2, -0.15) is 0 Å². The minimum absolute atomic E-state index is 0.136. The number of non-ortho nitro benzene ring substituents is 1. The van der Waals surface area contributed by atoms with E-state index in [0.717, 1.165) is 24.3 Å². The lowest BCUT2D eigenvalue weighted by Crippen LogP contribution is -2.39. The number of likely N-dealkylation sites (N-methyl/N-ethyl adjacent to an activating group) is 1. The van der Waals surface area contributed by atoms with E-state index in [1.54, 1.807) is 11.9 Å². The van der Waals surface area contributed by atoms with E-state index in [-0.39, 0.29) is 23.7 Å². The lowest BCUT2D eigenvalue weighted by molar-refractivity contribution is -0.384. The van der Waals surface area contributed by atoms with Crippen LogP contribution in [0.2, 0.25) is 0 Å². The predicted octanol–water partition coefficient (Wildman–Crippen LogP) is 1.82. The summed E-state index contributed by atoms with van der Waals surface area (Å²) >= 11 is 0. The molecular formula is C21H24N4O5. The van der Waals surface area contributed by atoms with Crippen LogP contribution in [0.3, 0.4) is 0 Å². The summed E-state index contributed by atoms with van der Waals surface area (Å²) in [6.07, 6.45) is 0. The Balaban J connectivity index is 1.58. The minimum atomic E-state index is -0.568. The Bertz CT molecular complexity index is 927. The van der Waals surface area contributed by atoms with Crippen molar-refractivity contribution < 1.29 is 19.2 Å². The average molecular weight is 412 g/mol. The van der Waals surface area contributed by atoms with Crippen LogP contribution in [0.15, 0.2) is 48.5 Å². The number of rotatable bonds is 7. The molecule has 0 radical (unpaired) electrons. The molecule has 0 aromatic heterocycles. The molecule has 0 aliphatic carbocycles. The van der Waals surface area contributed by atoms with Gasteiger partial charge < -0.3 is 19.9 Å². The molecule has 0 bridgehead atoms. The number of carbonyl (C=O) groups excluding carboxylic acids is 2. The molecule has 2 amide bonds. The molecular weight excluding hydrogens is 388 g/mol. The standard InChI is InChI=1S/C21H24N4O5/c1-23(15-17-5-2-3-8-19(17)24-9-11-30-12-10-24)20(26)14-22-21(27)16-6-4-7-18(13-16)25(28)29/h2-8,13H,9-12,14-15H2,1H3,(H,22,27). The van der Waals surface area contributed by atoms with Crippen molar-refractivity contribution in [2.24, 2.45) is 0 Å². The van der Waals surface area contributed by atoms with Gasteiger partial charge in [-0.25, -0.2) is 0 Å². The lowest BCUT2D eigenvalue weighted by atomic mass is 10.1. The normalized spacial score (nSPS) is 13.6. The van der Waals surface area contributed by atoms with E-state index < -0.39 is 10.8 Å². The van der Waals surface area contributed by atoms with E-state index in [9.17, 15) is 19.7 Å². The monoisotopic (exact) mass is 412 g/mol. The van der Waals surface area contributed by atoms with Gasteiger partial charge in [0, 0.05) is 50.1 Å². The molecule has 0 saturated carbocycles. The van der Waals surface area contributed by atoms with E-state index in [1.165, 1.54) is 24.3 Å². The molecule has 0 atom stereocenters. The van der Waals surface area contributed by atoms with Crippen LogP contribution in [0.1, 0.15) is 15.9 Å². The molecule has 0 spiro atoms. The molecule has 3 rings (SSSR count). The smallest absolute Gasteiger partial charge is 0.270 e. The Morgan fingerprint density at radius 3 is 2.63 bits per heavy atom. The first-order chi connectivity index (χ1) is 14.5. The topological polar surface area (TPSA) is 105 Å². The highest BCUT2D eigenvalue weighted by atomic mass is 16.6. The first kappa shape index (κ1) is 21.3. The van der Waals surface area contributed by atoms with E-state index in [0.29, 0.717) is 19.8 Å². The molecule has 1 N–H and O–H groups in total. The number of nitrogens with zero attached hydrogens (tertiary/aromatic N) is 3. The Hall–Kier alpha value is -3.46. The van der Waals surface area contributed by atoms with Crippen LogP contribution >= 0.6 is 0 Å². The maximum absolute atomic E-state index is 12.5. The molecule has 1 aliphatic heterocycles. The van der Waals surface area contributed by atoms with Crippen LogP contribution in [0, 0.1) is 10.1 Å². The van der Waals surface area contributed by atoms with Crippen LogP contribution in [0.5, 0.6) is 0 Å². The third-order valence-corrected chi connectivity index (χ3v) is 4.90. The number of hydrogen-bond donors (Lipinski definition) is 1. The first-order valence-corrected chi connectivity index (χ1v) is 9.63. The van der Waals surface area contributed by atoms with Crippen LogP contribution in [0.4, 0.5) is 11.4 Å². The van der Waals surface area contributed by atoms with Gasteiger partial charge in [0.2, 0.25) is 5.91 Å². The summed E-state index contributed by atoms with van der Waals surface area (Å²) in [5, 5.41) is 13.4. The van der Waals surface area contributed by atoms with Crippen LogP contribution in [-0.2, 0) is 16.1 Å². The molecule has 158 valence electrons. The number of anilines is 1. The predicted molar refractivity (Wildman–Crippen MR) is 111 cm³/mol. The number of nitro groups is 1. The fraction of sp³-hybridized carbons (Fsp3) is 0.333. The summed E-state index contributed by atoms with van der Waals surface area (Å²) in [5.41, 5.74) is 2.05. The zero-order valence-corrected chi connectivity index (χ0v) is 16.7. The fourth-order valence-electron chi connectivity index (χ4n) is 3.25. The highest BCUT2D eigenvalue weighted by Crippen LogP contribution is 2.22. The van der Waals surface area contributed by atoms with Gasteiger partial charge >= 0.3 is 0 Å². The van der Waals surface area contributed by atoms with Crippen LogP contribution < -0.4 is 10.2 Å². The zero-order chi connectivity index (χ0) is 21.5. The Morgan fingerprint density at radius 2 is 1.90 bits per heavy atom. The van der Waals surface area contributed by atoms with E-state index in [2.05, 4.69) is 10.2 Å². The van der Waals surface area contributed by atoms with Gasteiger partial charge in [0.1, 0.15) is 0 Å². The molecule has 9 nitrogen and oxygen atoms in total. The number of carbonyl (C=O) groups is 2. The highest BCUT2D eigenvalue weighted by molar-refractivity contribution is 5.96. The summed E-state index contributed by atoms with van der Waals surface area (Å²) in [7, 11) is 1.68. The largest absolute Gasteiger partial charge is 0.378 e. The lowest BCUT2D eigenvalue weighted by Gasteiger charge is -2.31. The van der Waals surface area contributed by atoms with Crippen molar-refractivity contribution in [2.75, 3.05) is 44.8 Å². The van der Waals surface area contributed by atoms with Gasteiger partial charge in [0.05, 0.1) is 24.7 Å². The SMILES string of the molecule is CN(Cc1ccccc1N1CCOCC1)C(=O)CNC(=O)c1cccc([N+](=O)[O-])c1. The second-order valence-electron chi connectivity index (χ2n) is 6.97. The second kappa shape index (κ2) is 9.84. The van der Waals surface area contributed by atoms with Gasteiger partial charge in [0.15, 0.2) is 0 Å². The summed E-state index contributed by atoms with van der Waals surface area (Å²) in [6, 6.07) is 13.3. The van der Waals surface area contributed by atoms with Crippen molar-refractivity contribution in [3.8, 4) is 0 Å². The second-order valence-corrected chi connectivity index (χ2v) is 6.97. The summed E-state index contributed by atoms with van der Waals surface area (Å²) in [6.45, 7) is 3.15. The third-order valence-electron chi connectivity index (χ3n) is 4.90. The van der Waals surface area contributed by atoms with Gasteiger partial charge in [-0.3, -0.25) is 19.7 Å². The number of morpholine rings is 1. The van der Waals surface area contributed by atoms with Gasteiger partial charge in [-0.15, -0.1) is 0 Å². The number of hydrogen-bond acceptors (Lipinski definition) is 6. The Labute approximate surface area is 174 Å². The number of para-hydroxylation sites is 1. The molecule has 1 fully saturated rings. The van der Waals surface area contributed by atoms with Crippen molar-refractivity contribution in [3.05, 3.63) is 69.8 Å². The van der Waals surface area contributed by atoms with Gasteiger partial charge in [0.25, 0.3) is 11.6 Å². The molecule has 2 aromatic carbocycles. The van der Waals surface area contributed by atoms with Crippen molar-refractivity contribution in [2.45, 2.75) is 6.54 Å². The molecule has 1 aliphatic rings. The van der Waals surface area contributed by atoms with E-state index in [1.807, 2.05) is 24.3 Å². The van der Waals surface area contributed by atoms with E-state index >= 15 is 0 Å². The molecule has 2 aromatic rings. The van der Waals surface area contributed by atoms with Crippen molar-refractivity contribution >= 4 is 23.2 Å². The maximum Gasteiger partial charge on any atom is 0.270 e. The minimum Gasteiger partial charge on any atom is -0.378 e. The summed E-state index contributed by atoms with van der Waals surface area (Å²) in [5.74, 6) is -0.792. The van der Waals surface area contributed by atoms with Gasteiger partial charge in [-0.05, 0) is 17.7 Å². The van der Waals surface area contributed by atoms with Crippen molar-refractivity contribution in [1.29, 1.82) is 0 Å². The highest BCUT2D eigenvalue weighted by Gasteiger charge is 2.18. The fourth-order valence-corrected chi connectivity index (χ4v) is 3.25. The number of nitro benzene ring substituents is 1.